The maximum absolute atomic E-state index is 15.0. The Bertz CT molecular complexity index is 2880. The van der Waals surface area contributed by atoms with Crippen molar-refractivity contribution in [3.05, 3.63) is 34.3 Å². The van der Waals surface area contributed by atoms with E-state index in [1.54, 1.807) is 20.8 Å². The summed E-state index contributed by atoms with van der Waals surface area (Å²) in [7, 11) is 7.47. The van der Waals surface area contributed by atoms with Gasteiger partial charge < -0.3 is 55.6 Å². The molecule has 1 aromatic rings. The zero-order valence-electron chi connectivity index (χ0n) is 56.9. The zero-order chi connectivity index (χ0) is 69.1. The van der Waals surface area contributed by atoms with Crippen LogP contribution in [0.1, 0.15) is 176 Å². The van der Waals surface area contributed by atoms with Crippen LogP contribution in [0.15, 0.2) is 18.2 Å². The minimum absolute atomic E-state index is 0.0224. The van der Waals surface area contributed by atoms with Crippen LogP contribution in [0.2, 0.25) is 5.02 Å². The van der Waals surface area contributed by atoms with Gasteiger partial charge in [-0.3, -0.25) is 52.7 Å². The largest absolute Gasteiger partial charge is 0.417 e. The lowest BCUT2D eigenvalue weighted by Crippen LogP contribution is -2.73. The predicted octanol–water partition coefficient (Wildman–Crippen LogP) is 5.94. The number of nitrogens with one attached hydrogen (secondary N) is 4. The highest BCUT2D eigenvalue weighted by Crippen LogP contribution is 2.41. The third-order valence-electron chi connectivity index (χ3n) is 20.1. The average molecular weight is 1330 g/mol. The van der Waals surface area contributed by atoms with Crippen LogP contribution in [0, 0.1) is 29.6 Å². The van der Waals surface area contributed by atoms with E-state index >= 15 is 4.79 Å². The highest BCUT2D eigenvalue weighted by molar-refractivity contribution is 6.31. The highest BCUT2D eigenvalue weighted by Gasteiger charge is 2.56. The summed E-state index contributed by atoms with van der Waals surface area (Å²) in [6.45, 7) is 14.4. The van der Waals surface area contributed by atoms with Crippen molar-refractivity contribution in [2.45, 2.75) is 238 Å². The molecule has 4 N–H and O–H groups in total. The van der Waals surface area contributed by atoms with Crippen molar-refractivity contribution in [2.24, 2.45) is 29.6 Å². The summed E-state index contributed by atoms with van der Waals surface area (Å²) in [5, 5.41) is 11.0. The van der Waals surface area contributed by atoms with Crippen LogP contribution in [-0.2, 0) is 65.3 Å². The van der Waals surface area contributed by atoms with Crippen LogP contribution in [0.25, 0.3) is 0 Å². The second-order valence-electron chi connectivity index (χ2n) is 27.9. The van der Waals surface area contributed by atoms with Crippen molar-refractivity contribution in [3.63, 3.8) is 0 Å². The molecule has 6 rings (SSSR count). The van der Waals surface area contributed by atoms with E-state index in [1.165, 1.54) is 75.6 Å². The molecule has 26 heteroatoms. The van der Waals surface area contributed by atoms with Crippen LogP contribution in [-0.4, -0.2) is 215 Å². The van der Waals surface area contributed by atoms with Gasteiger partial charge in [0.15, 0.2) is 0 Å². The third kappa shape index (κ3) is 18.9. The van der Waals surface area contributed by atoms with Crippen LogP contribution in [0.5, 0.6) is 0 Å². The fourth-order valence-corrected chi connectivity index (χ4v) is 14.5. The van der Waals surface area contributed by atoms with Crippen molar-refractivity contribution >= 4 is 76.6 Å². The molecular formula is C67H103ClF3N11O11. The smallest absolute Gasteiger partial charge is 0.354 e. The molecule has 93 heavy (non-hydrogen) atoms. The Morgan fingerprint density at radius 1 is 0.656 bits per heavy atom. The minimum atomic E-state index is -4.72. The van der Waals surface area contributed by atoms with Gasteiger partial charge in [-0.2, -0.15) is 13.2 Å². The molecule has 2 bridgehead atoms. The first-order valence-corrected chi connectivity index (χ1v) is 34.0. The Balaban J connectivity index is 1.32. The van der Waals surface area contributed by atoms with Crippen LogP contribution >= 0.6 is 11.6 Å². The molecule has 1 saturated carbocycles. The van der Waals surface area contributed by atoms with Crippen molar-refractivity contribution in [3.8, 4) is 0 Å². The van der Waals surface area contributed by atoms with Gasteiger partial charge in [-0.25, -0.2) is 0 Å². The monoisotopic (exact) mass is 1330 g/mol. The van der Waals surface area contributed by atoms with Gasteiger partial charge >= 0.3 is 6.18 Å². The van der Waals surface area contributed by atoms with Crippen molar-refractivity contribution < 1.29 is 65.9 Å². The third-order valence-corrected chi connectivity index (χ3v) is 20.4. The zero-order valence-corrected chi connectivity index (χ0v) is 57.6. The number of amides is 11. The Hall–Kier alpha value is -6.53. The summed E-state index contributed by atoms with van der Waals surface area (Å²) < 4.78 is 41.2. The summed E-state index contributed by atoms with van der Waals surface area (Å²) in [4.78, 5) is 169. The minimum Gasteiger partial charge on any atom is -0.354 e. The predicted molar refractivity (Wildman–Crippen MR) is 344 cm³/mol. The van der Waals surface area contributed by atoms with Crippen molar-refractivity contribution in [1.29, 1.82) is 0 Å². The molecule has 1 aliphatic carbocycles. The number of rotatable bonds is 10. The van der Waals surface area contributed by atoms with E-state index in [9.17, 15) is 61.1 Å². The average Bonchev–Trinajstić information content (AvgIpc) is 1.12. The van der Waals surface area contributed by atoms with Gasteiger partial charge in [0.25, 0.3) is 0 Å². The number of nitrogens with zero attached hydrogens (tertiary/aromatic N) is 7. The molecule has 0 aromatic heterocycles. The number of hydrogen-bond donors (Lipinski definition) is 4. The molecule has 4 aliphatic heterocycles. The molecule has 1 aromatic carbocycles. The van der Waals surface area contributed by atoms with Gasteiger partial charge in [-0.05, 0) is 118 Å². The Morgan fingerprint density at radius 2 is 1.33 bits per heavy atom. The van der Waals surface area contributed by atoms with Gasteiger partial charge in [0.05, 0.1) is 17.1 Å². The lowest BCUT2D eigenvalue weighted by Gasteiger charge is -2.56. The van der Waals surface area contributed by atoms with Crippen LogP contribution < -0.4 is 21.3 Å². The Kier molecular flexibility index (Phi) is 27.0. The number of halogens is 4. The number of benzene rings is 1. The van der Waals surface area contributed by atoms with Crippen LogP contribution in [0.4, 0.5) is 13.2 Å². The maximum atomic E-state index is 15.0. The second-order valence-corrected chi connectivity index (χ2v) is 28.3. The molecule has 12 atom stereocenters. The van der Waals surface area contributed by atoms with E-state index in [-0.39, 0.29) is 100 Å². The highest BCUT2D eigenvalue weighted by atomic mass is 35.5. The van der Waals surface area contributed by atoms with E-state index in [4.69, 9.17) is 11.6 Å². The molecule has 5 aliphatic rings. The molecule has 0 spiro atoms. The SMILES string of the molecule is CCC(C)[C@@H]1NC(=O)[C@H](CC(C)C)N(C)C(=O)C[C@@H](C)NC(=O)[C@H](C(C)C)N(C)C(=O)CCCCNC(=O)[C@@H]2CCCN2C(=O)[C@H](CCc2ccc(C(F)(F)F)c(Cl)c2)NC(=O)CN(C)C(=O)[C@H](CC2CCCCC2)N(C)C(=O)[C@@H]2CC3C(C)C[C@@H](C(=O)N32)N(C)C1=O. The van der Waals surface area contributed by atoms with Gasteiger partial charge in [0, 0.05) is 73.3 Å². The lowest BCUT2D eigenvalue weighted by molar-refractivity contribution is -0.175. The van der Waals surface area contributed by atoms with Crippen molar-refractivity contribution in [1.82, 2.24) is 55.6 Å². The van der Waals surface area contributed by atoms with E-state index in [2.05, 4.69) is 21.3 Å². The first-order valence-electron chi connectivity index (χ1n) is 33.6. The summed E-state index contributed by atoms with van der Waals surface area (Å²) in [5.74, 6) is -6.76. The molecule has 5 fully saturated rings. The summed E-state index contributed by atoms with van der Waals surface area (Å²) in [5.41, 5.74) is -0.707. The fraction of sp³-hybridized carbons (Fsp3) is 0.746. The van der Waals surface area contributed by atoms with E-state index in [0.717, 1.165) is 44.2 Å². The number of likely N-dealkylation sites (N-methyl/N-ethyl adjacent to an activating group) is 5. The second kappa shape index (κ2) is 33.2. The number of aryl methyl sites for hydroxylation is 1. The first kappa shape index (κ1) is 75.5. The molecule has 4 saturated heterocycles. The lowest BCUT2D eigenvalue weighted by atomic mass is 9.75. The molecule has 22 nitrogen and oxygen atoms in total. The summed E-state index contributed by atoms with van der Waals surface area (Å²) in [6, 6.07) is -6.35. The number of carbonyl (C=O) groups excluding carboxylic acids is 11. The molecule has 11 amide bonds. The summed E-state index contributed by atoms with van der Waals surface area (Å²) >= 11 is 6.10. The fourth-order valence-electron chi connectivity index (χ4n) is 14.2. The van der Waals surface area contributed by atoms with E-state index in [0.29, 0.717) is 37.7 Å². The van der Waals surface area contributed by atoms with Gasteiger partial charge in [0.1, 0.15) is 48.3 Å². The number of hydrogen-bond acceptors (Lipinski definition) is 11. The molecule has 520 valence electrons. The normalized spacial score (nSPS) is 29.1. The molecule has 0 radical (unpaired) electrons. The number of piperidine rings is 1. The maximum Gasteiger partial charge on any atom is 0.417 e. The molecule has 4 heterocycles. The quantitative estimate of drug-likeness (QED) is 0.213. The standard InChI is InChI=1S/C67H103ClF3N11O11/c1-14-40(6)57-66(93)79(12)51-32-41(7)49-36-53(82(49)65(51)92)64(91)78(11)52(35-43-21-16-15-17-22-43)63(90)76(9)37-54(83)74-47(28-26-44-25-27-45(46(68)34-44)67(69,70)71)62(89)81-30-20-23-48(81)59(86)72-29-19-18-24-55(84)80(13)58(39(4)5)61(88)73-42(8)33-56(85)77(10)50(31-38(2)3)60(87)75-57/h25,27,34,38-43,47-53,57-58H,14-24,26,28-33,35-37H2,1-13H3,(H,72,86)(H,73,88)(H,74,83)(H,75,87)/t40?,41?,42-,47+,48+,49?,50+,51+,52+,53+,57+,58+/m1/s1. The topological polar surface area (TPSA) is 259 Å². The van der Waals surface area contributed by atoms with Gasteiger partial charge in [-0.15, -0.1) is 0 Å². The van der Waals surface area contributed by atoms with Gasteiger partial charge in [-0.1, -0.05) is 105 Å². The Labute approximate surface area is 552 Å². The Morgan fingerprint density at radius 3 is 1.96 bits per heavy atom. The van der Waals surface area contributed by atoms with E-state index < -0.39 is 143 Å². The van der Waals surface area contributed by atoms with Crippen molar-refractivity contribution in [2.75, 3.05) is 54.9 Å². The number of fused-ring (bicyclic) bond motifs is 2. The first-order chi connectivity index (χ1) is 43.7. The molecular weight excluding hydrogens is 1230 g/mol. The van der Waals surface area contributed by atoms with Crippen LogP contribution in [0.3, 0.4) is 0 Å². The van der Waals surface area contributed by atoms with Gasteiger partial charge in [0.2, 0.25) is 65.0 Å². The van der Waals surface area contributed by atoms with E-state index in [1.807, 2.05) is 34.6 Å². The summed E-state index contributed by atoms with van der Waals surface area (Å²) in [6.07, 6.45) is 2.30. The molecule has 3 unspecified atom stereocenters. The number of carbonyl (C=O) groups is 11. The number of alkyl halides is 3.